The normalized spacial score (nSPS) is 19.5. The van der Waals surface area contributed by atoms with Gasteiger partial charge in [0.05, 0.1) is 24.1 Å². The highest BCUT2D eigenvalue weighted by molar-refractivity contribution is 6.06. The van der Waals surface area contributed by atoms with Crippen molar-refractivity contribution in [1.29, 1.82) is 0 Å². The lowest BCUT2D eigenvalue weighted by Crippen LogP contribution is -2.37. The van der Waals surface area contributed by atoms with Gasteiger partial charge >= 0.3 is 5.97 Å². The standard InChI is InChI=1S/C20H16FNO4/c1-25-15-7-5-12(6-8-15)16-10-18(23)22(14-4-2-3-13(21)9-14)17-11-26-20(24)19(16)17/h2-9,16H,10-11H2,1H3. The second-order valence-corrected chi connectivity index (χ2v) is 6.18. The predicted molar refractivity (Wildman–Crippen MR) is 92.2 cm³/mol. The number of amides is 1. The van der Waals surface area contributed by atoms with Gasteiger partial charge in [-0.05, 0) is 35.9 Å². The average molecular weight is 353 g/mol. The van der Waals surface area contributed by atoms with Crippen molar-refractivity contribution in [3.63, 3.8) is 0 Å². The highest BCUT2D eigenvalue weighted by Crippen LogP contribution is 2.42. The van der Waals surface area contributed by atoms with Gasteiger partial charge in [-0.25, -0.2) is 9.18 Å². The summed E-state index contributed by atoms with van der Waals surface area (Å²) in [6.07, 6.45) is 0.108. The number of nitrogens with zero attached hydrogens (tertiary/aromatic N) is 1. The summed E-state index contributed by atoms with van der Waals surface area (Å²) in [6, 6.07) is 13.0. The van der Waals surface area contributed by atoms with Crippen molar-refractivity contribution in [2.75, 3.05) is 18.6 Å². The van der Waals surface area contributed by atoms with Crippen LogP contribution < -0.4 is 9.64 Å². The number of methoxy groups -OCH3 is 1. The number of esters is 1. The van der Waals surface area contributed by atoms with Crippen LogP contribution in [0.15, 0.2) is 59.8 Å². The summed E-state index contributed by atoms with van der Waals surface area (Å²) >= 11 is 0. The van der Waals surface area contributed by atoms with Crippen LogP contribution in [0.3, 0.4) is 0 Å². The molecular weight excluding hydrogens is 337 g/mol. The minimum atomic E-state index is -0.444. The Bertz CT molecular complexity index is 920. The molecule has 0 aromatic heterocycles. The number of carbonyl (C=O) groups is 2. The van der Waals surface area contributed by atoms with E-state index in [4.69, 9.17) is 9.47 Å². The quantitative estimate of drug-likeness (QED) is 0.796. The topological polar surface area (TPSA) is 55.8 Å². The molecule has 4 rings (SSSR count). The van der Waals surface area contributed by atoms with E-state index in [-0.39, 0.29) is 24.9 Å². The Morgan fingerprint density at radius 2 is 1.92 bits per heavy atom. The summed E-state index contributed by atoms with van der Waals surface area (Å²) in [6.45, 7) is 0.00305. The van der Waals surface area contributed by atoms with E-state index in [1.165, 1.54) is 23.1 Å². The van der Waals surface area contributed by atoms with Crippen molar-refractivity contribution in [3.8, 4) is 5.75 Å². The average Bonchev–Trinajstić information content (AvgIpc) is 3.02. The minimum absolute atomic E-state index is 0.00305. The Balaban J connectivity index is 1.80. The number of ether oxygens (including phenoxy) is 2. The number of hydrogen-bond donors (Lipinski definition) is 0. The van der Waals surface area contributed by atoms with Crippen molar-refractivity contribution in [2.45, 2.75) is 12.3 Å². The third kappa shape index (κ3) is 2.63. The van der Waals surface area contributed by atoms with Gasteiger partial charge in [-0.1, -0.05) is 18.2 Å². The summed E-state index contributed by atoms with van der Waals surface area (Å²) in [5.74, 6) is -0.771. The van der Waals surface area contributed by atoms with Crippen LogP contribution in [-0.2, 0) is 14.3 Å². The van der Waals surface area contributed by atoms with Gasteiger partial charge in [0.1, 0.15) is 18.2 Å². The summed E-state index contributed by atoms with van der Waals surface area (Å²) in [4.78, 5) is 26.6. The van der Waals surface area contributed by atoms with Gasteiger partial charge in [0.15, 0.2) is 0 Å². The lowest BCUT2D eigenvalue weighted by molar-refractivity contribution is -0.136. The van der Waals surface area contributed by atoms with E-state index in [1.54, 1.807) is 25.3 Å². The molecule has 2 aliphatic rings. The first-order valence-electron chi connectivity index (χ1n) is 8.21. The van der Waals surface area contributed by atoms with Crippen molar-refractivity contribution in [1.82, 2.24) is 0 Å². The Morgan fingerprint density at radius 1 is 1.15 bits per heavy atom. The molecule has 1 unspecified atom stereocenters. The number of rotatable bonds is 3. The molecule has 0 radical (unpaired) electrons. The molecule has 0 saturated heterocycles. The molecule has 2 heterocycles. The molecule has 0 N–H and O–H groups in total. The molecule has 0 bridgehead atoms. The van der Waals surface area contributed by atoms with Crippen LogP contribution in [0.25, 0.3) is 0 Å². The minimum Gasteiger partial charge on any atom is -0.497 e. The second-order valence-electron chi connectivity index (χ2n) is 6.18. The summed E-state index contributed by atoms with van der Waals surface area (Å²) in [5, 5.41) is 0. The van der Waals surface area contributed by atoms with Crippen LogP contribution in [0, 0.1) is 5.82 Å². The molecule has 6 heteroatoms. The molecule has 0 fully saturated rings. The van der Waals surface area contributed by atoms with Crippen LogP contribution in [0.4, 0.5) is 10.1 Å². The third-order valence-electron chi connectivity index (χ3n) is 4.70. The predicted octanol–water partition coefficient (Wildman–Crippen LogP) is 3.17. The zero-order valence-corrected chi connectivity index (χ0v) is 14.1. The van der Waals surface area contributed by atoms with E-state index in [0.717, 1.165) is 5.56 Å². The van der Waals surface area contributed by atoms with Crippen LogP contribution in [-0.4, -0.2) is 25.6 Å². The summed E-state index contributed by atoms with van der Waals surface area (Å²) < 4.78 is 24.0. The van der Waals surface area contributed by atoms with Crippen molar-refractivity contribution < 1.29 is 23.5 Å². The van der Waals surface area contributed by atoms with E-state index in [1.807, 2.05) is 12.1 Å². The SMILES string of the molecule is COc1ccc(C2CC(=O)N(c3cccc(F)c3)C3=C2C(=O)OC3)cc1. The molecular formula is C20H16FNO4. The van der Waals surface area contributed by atoms with E-state index >= 15 is 0 Å². The van der Waals surface area contributed by atoms with E-state index < -0.39 is 11.8 Å². The zero-order valence-electron chi connectivity index (χ0n) is 14.1. The maximum atomic E-state index is 13.6. The molecule has 2 aromatic carbocycles. The molecule has 0 saturated carbocycles. The summed E-state index contributed by atoms with van der Waals surface area (Å²) in [5.41, 5.74) is 2.18. The fourth-order valence-electron chi connectivity index (χ4n) is 3.49. The Morgan fingerprint density at radius 3 is 2.62 bits per heavy atom. The molecule has 0 aliphatic carbocycles. The van der Waals surface area contributed by atoms with Gasteiger partial charge in [-0.2, -0.15) is 0 Å². The fraction of sp³-hybridized carbons (Fsp3) is 0.200. The van der Waals surface area contributed by atoms with E-state index in [0.29, 0.717) is 22.7 Å². The van der Waals surface area contributed by atoms with Crippen LogP contribution in [0.2, 0.25) is 0 Å². The van der Waals surface area contributed by atoms with Gasteiger partial charge in [0.2, 0.25) is 5.91 Å². The molecule has 1 amide bonds. The first-order valence-corrected chi connectivity index (χ1v) is 8.21. The lowest BCUT2D eigenvalue weighted by Gasteiger charge is -2.31. The van der Waals surface area contributed by atoms with Crippen LogP contribution >= 0.6 is 0 Å². The molecule has 5 nitrogen and oxygen atoms in total. The van der Waals surface area contributed by atoms with Crippen molar-refractivity contribution >= 4 is 17.6 Å². The lowest BCUT2D eigenvalue weighted by atomic mass is 9.84. The first-order chi connectivity index (χ1) is 12.6. The van der Waals surface area contributed by atoms with E-state index in [9.17, 15) is 14.0 Å². The Hall–Kier alpha value is -3.15. The smallest absolute Gasteiger partial charge is 0.336 e. The molecule has 2 aromatic rings. The molecule has 2 aliphatic heterocycles. The molecule has 26 heavy (non-hydrogen) atoms. The van der Waals surface area contributed by atoms with Gasteiger partial charge < -0.3 is 9.47 Å². The highest BCUT2D eigenvalue weighted by Gasteiger charge is 2.42. The van der Waals surface area contributed by atoms with Gasteiger partial charge in [0, 0.05) is 12.3 Å². The van der Waals surface area contributed by atoms with Crippen LogP contribution in [0.5, 0.6) is 5.75 Å². The summed E-state index contributed by atoms with van der Waals surface area (Å²) in [7, 11) is 1.57. The number of halogens is 1. The number of carbonyl (C=O) groups excluding carboxylic acids is 2. The monoisotopic (exact) mass is 353 g/mol. The van der Waals surface area contributed by atoms with E-state index in [2.05, 4.69) is 0 Å². The van der Waals surface area contributed by atoms with Crippen LogP contribution in [0.1, 0.15) is 17.9 Å². The highest BCUT2D eigenvalue weighted by atomic mass is 19.1. The number of cyclic esters (lactones) is 1. The largest absolute Gasteiger partial charge is 0.497 e. The number of hydrogen-bond acceptors (Lipinski definition) is 4. The third-order valence-corrected chi connectivity index (χ3v) is 4.70. The Kier molecular flexibility index (Phi) is 3.95. The first kappa shape index (κ1) is 16.3. The maximum Gasteiger partial charge on any atom is 0.336 e. The molecule has 0 spiro atoms. The Labute approximate surface area is 149 Å². The van der Waals surface area contributed by atoms with Gasteiger partial charge in [-0.15, -0.1) is 0 Å². The molecule has 1 atom stereocenters. The van der Waals surface area contributed by atoms with Crippen molar-refractivity contribution in [2.24, 2.45) is 0 Å². The van der Waals surface area contributed by atoms with Crippen molar-refractivity contribution in [3.05, 3.63) is 71.2 Å². The maximum absolute atomic E-state index is 13.6. The zero-order chi connectivity index (χ0) is 18.3. The number of anilines is 1. The molecule has 132 valence electrons. The fourth-order valence-corrected chi connectivity index (χ4v) is 3.49. The van der Waals surface area contributed by atoms with Gasteiger partial charge in [-0.3, -0.25) is 9.69 Å². The second kappa shape index (κ2) is 6.29. The number of benzene rings is 2. The van der Waals surface area contributed by atoms with Gasteiger partial charge in [0.25, 0.3) is 0 Å².